The van der Waals surface area contributed by atoms with Crippen molar-refractivity contribution in [3.05, 3.63) is 34.1 Å². The number of nitrogens with zero attached hydrogens (tertiary/aromatic N) is 2. The van der Waals surface area contributed by atoms with Gasteiger partial charge in [0, 0.05) is 43.2 Å². The summed E-state index contributed by atoms with van der Waals surface area (Å²) in [6.07, 6.45) is 0. The van der Waals surface area contributed by atoms with Crippen molar-refractivity contribution in [2.24, 2.45) is 4.99 Å². The lowest BCUT2D eigenvalue weighted by Gasteiger charge is -2.41. The second kappa shape index (κ2) is 10.6. The van der Waals surface area contributed by atoms with E-state index in [1.807, 2.05) is 6.07 Å². The average molecular weight is 529 g/mol. The Morgan fingerprint density at radius 2 is 1.96 bits per heavy atom. The van der Waals surface area contributed by atoms with Gasteiger partial charge >= 0.3 is 0 Å². The monoisotopic (exact) mass is 528 g/mol. The molecule has 8 heteroatoms. The van der Waals surface area contributed by atoms with E-state index in [1.165, 1.54) is 12.1 Å². The van der Waals surface area contributed by atoms with Crippen LogP contribution in [0.4, 0.5) is 4.39 Å². The average Bonchev–Trinajstić information content (AvgIpc) is 2.55. The maximum atomic E-state index is 13.4. The van der Waals surface area contributed by atoms with Crippen LogP contribution in [0.3, 0.4) is 0 Å². The van der Waals surface area contributed by atoms with E-state index in [0.29, 0.717) is 12.5 Å². The van der Waals surface area contributed by atoms with Gasteiger partial charge in [-0.05, 0) is 37.6 Å². The molecule has 0 amide bonds. The van der Waals surface area contributed by atoms with Crippen LogP contribution in [-0.2, 0) is 11.3 Å². The largest absolute Gasteiger partial charge is 0.379 e. The molecule has 1 aliphatic rings. The maximum Gasteiger partial charge on any atom is 0.191 e. The van der Waals surface area contributed by atoms with E-state index in [9.17, 15) is 4.39 Å². The van der Waals surface area contributed by atoms with Crippen LogP contribution < -0.4 is 10.6 Å². The van der Waals surface area contributed by atoms with Gasteiger partial charge in [-0.25, -0.2) is 4.39 Å². The van der Waals surface area contributed by atoms with Crippen molar-refractivity contribution in [3.63, 3.8) is 0 Å². The molecule has 0 aliphatic carbocycles. The van der Waals surface area contributed by atoms with Crippen LogP contribution in [0.2, 0.25) is 0 Å². The molecule has 142 valence electrons. The molecular formula is C17H27BrFIN4O. The summed E-state index contributed by atoms with van der Waals surface area (Å²) in [6.45, 7) is 9.14. The van der Waals surface area contributed by atoms with E-state index < -0.39 is 0 Å². The minimum absolute atomic E-state index is 0. The number of benzene rings is 1. The lowest BCUT2D eigenvalue weighted by molar-refractivity contribution is -0.00834. The van der Waals surface area contributed by atoms with Gasteiger partial charge < -0.3 is 15.4 Å². The molecule has 2 N–H and O–H groups in total. The Labute approximate surface area is 174 Å². The number of hydrogen-bond donors (Lipinski definition) is 2. The van der Waals surface area contributed by atoms with Crippen molar-refractivity contribution < 1.29 is 9.13 Å². The molecule has 25 heavy (non-hydrogen) atoms. The number of ether oxygens (including phenoxy) is 1. The standard InChI is InChI=1S/C17H26BrFN4O.HI/c1-17(2,23-4-6-24-7-5-23)12-22-16(20-3)21-11-13-8-14(18)10-15(19)9-13;/h8-10H,4-7,11-12H2,1-3H3,(H2,20,21,22);1H. The zero-order valence-corrected chi connectivity index (χ0v) is 18.9. The number of hydrogen-bond acceptors (Lipinski definition) is 3. The third-order valence-corrected chi connectivity index (χ3v) is 4.62. The summed E-state index contributed by atoms with van der Waals surface area (Å²) in [4.78, 5) is 6.66. The molecule has 0 unspecified atom stereocenters. The van der Waals surface area contributed by atoms with Gasteiger partial charge in [0.1, 0.15) is 5.82 Å². The first-order valence-electron chi connectivity index (χ1n) is 8.13. The number of halogens is 3. The summed E-state index contributed by atoms with van der Waals surface area (Å²) in [7, 11) is 1.73. The second-order valence-electron chi connectivity index (χ2n) is 6.47. The second-order valence-corrected chi connectivity index (χ2v) is 7.38. The van der Waals surface area contributed by atoms with Gasteiger partial charge in [-0.3, -0.25) is 9.89 Å². The highest BCUT2D eigenvalue weighted by atomic mass is 127. The van der Waals surface area contributed by atoms with Crippen molar-refractivity contribution in [1.82, 2.24) is 15.5 Å². The van der Waals surface area contributed by atoms with Crippen molar-refractivity contribution in [2.45, 2.75) is 25.9 Å². The predicted octanol–water partition coefficient (Wildman–Crippen LogP) is 2.98. The van der Waals surface area contributed by atoms with Crippen LogP contribution >= 0.6 is 39.9 Å². The van der Waals surface area contributed by atoms with Crippen LogP contribution in [-0.4, -0.2) is 56.3 Å². The molecule has 1 aromatic carbocycles. The molecule has 1 heterocycles. The van der Waals surface area contributed by atoms with Gasteiger partial charge in [0.15, 0.2) is 5.96 Å². The van der Waals surface area contributed by atoms with Gasteiger partial charge in [-0.2, -0.15) is 0 Å². The van der Waals surface area contributed by atoms with Crippen molar-refractivity contribution in [1.29, 1.82) is 0 Å². The first-order valence-corrected chi connectivity index (χ1v) is 8.92. The number of aliphatic imine (C=N–C) groups is 1. The fourth-order valence-corrected chi connectivity index (χ4v) is 3.21. The molecule has 1 aromatic rings. The summed E-state index contributed by atoms with van der Waals surface area (Å²) in [5.74, 6) is 0.453. The predicted molar refractivity (Wildman–Crippen MR) is 114 cm³/mol. The van der Waals surface area contributed by atoms with Crippen molar-refractivity contribution in [2.75, 3.05) is 39.9 Å². The molecule has 2 rings (SSSR count). The zero-order chi connectivity index (χ0) is 17.6. The topological polar surface area (TPSA) is 48.9 Å². The molecule has 1 saturated heterocycles. The molecular weight excluding hydrogens is 502 g/mol. The first kappa shape index (κ1) is 22.6. The summed E-state index contributed by atoms with van der Waals surface area (Å²) < 4.78 is 19.6. The first-order chi connectivity index (χ1) is 11.4. The van der Waals surface area contributed by atoms with E-state index >= 15 is 0 Å². The van der Waals surface area contributed by atoms with E-state index in [4.69, 9.17) is 4.74 Å². The summed E-state index contributed by atoms with van der Waals surface area (Å²) in [6, 6.07) is 4.85. The number of nitrogens with one attached hydrogen (secondary N) is 2. The molecule has 0 saturated carbocycles. The lowest BCUT2D eigenvalue weighted by atomic mass is 10.0. The van der Waals surface area contributed by atoms with E-state index in [2.05, 4.69) is 50.3 Å². The Bertz CT molecular complexity index is 560. The normalized spacial score (nSPS) is 16.3. The van der Waals surface area contributed by atoms with E-state index in [1.54, 1.807) is 7.05 Å². The van der Waals surface area contributed by atoms with Gasteiger partial charge in [-0.1, -0.05) is 15.9 Å². The summed E-state index contributed by atoms with van der Waals surface area (Å²) >= 11 is 3.31. The number of rotatable bonds is 5. The fourth-order valence-electron chi connectivity index (χ4n) is 2.70. The molecule has 0 spiro atoms. The van der Waals surface area contributed by atoms with Crippen LogP contribution in [0, 0.1) is 5.82 Å². The summed E-state index contributed by atoms with van der Waals surface area (Å²) in [5.41, 5.74) is 0.862. The Morgan fingerprint density at radius 1 is 1.28 bits per heavy atom. The molecule has 1 fully saturated rings. The Morgan fingerprint density at radius 3 is 2.56 bits per heavy atom. The van der Waals surface area contributed by atoms with Crippen LogP contribution in [0.5, 0.6) is 0 Å². The number of morpholine rings is 1. The highest BCUT2D eigenvalue weighted by Gasteiger charge is 2.28. The fraction of sp³-hybridized carbons (Fsp3) is 0.588. The molecule has 0 bridgehead atoms. The highest BCUT2D eigenvalue weighted by Crippen LogP contribution is 2.16. The van der Waals surface area contributed by atoms with Crippen LogP contribution in [0.1, 0.15) is 19.4 Å². The molecule has 1 aliphatic heterocycles. The van der Waals surface area contributed by atoms with Crippen molar-refractivity contribution in [3.8, 4) is 0 Å². The highest BCUT2D eigenvalue weighted by molar-refractivity contribution is 14.0. The SMILES string of the molecule is CN=C(NCc1cc(F)cc(Br)c1)NCC(C)(C)N1CCOCC1.I. The third kappa shape index (κ3) is 7.36. The smallest absolute Gasteiger partial charge is 0.191 e. The van der Waals surface area contributed by atoms with Gasteiger partial charge in [0.25, 0.3) is 0 Å². The Kier molecular flexibility index (Phi) is 9.61. The summed E-state index contributed by atoms with van der Waals surface area (Å²) in [5, 5.41) is 6.58. The third-order valence-electron chi connectivity index (χ3n) is 4.16. The zero-order valence-electron chi connectivity index (χ0n) is 14.9. The molecule has 0 atom stereocenters. The molecule has 0 radical (unpaired) electrons. The van der Waals surface area contributed by atoms with Gasteiger partial charge in [-0.15, -0.1) is 24.0 Å². The number of guanidine groups is 1. The minimum atomic E-state index is -0.252. The Hall–Kier alpha value is -0.450. The Balaban J connectivity index is 0.00000312. The van der Waals surface area contributed by atoms with Gasteiger partial charge in [0.05, 0.1) is 13.2 Å². The van der Waals surface area contributed by atoms with E-state index in [-0.39, 0.29) is 35.3 Å². The lowest BCUT2D eigenvalue weighted by Crippen LogP contribution is -2.56. The van der Waals surface area contributed by atoms with Gasteiger partial charge in [0.2, 0.25) is 0 Å². The van der Waals surface area contributed by atoms with Crippen molar-refractivity contribution >= 4 is 45.9 Å². The molecule has 0 aromatic heterocycles. The minimum Gasteiger partial charge on any atom is -0.379 e. The van der Waals surface area contributed by atoms with E-state index in [0.717, 1.165) is 42.9 Å². The van der Waals surface area contributed by atoms with Crippen LogP contribution in [0.15, 0.2) is 27.7 Å². The quantitative estimate of drug-likeness (QED) is 0.350. The maximum absolute atomic E-state index is 13.4. The van der Waals surface area contributed by atoms with Crippen LogP contribution in [0.25, 0.3) is 0 Å². The molecule has 5 nitrogen and oxygen atoms in total.